The molecule has 0 aliphatic rings. The third-order valence-electron chi connectivity index (χ3n) is 2.11. The molecule has 3 N–H and O–H groups in total. The Morgan fingerprint density at radius 1 is 1.56 bits per heavy atom. The molecule has 0 saturated carbocycles. The first-order valence-electron chi connectivity index (χ1n) is 5.20. The first kappa shape index (κ1) is 12.6. The summed E-state index contributed by atoms with van der Waals surface area (Å²) in [7, 11) is 0. The third kappa shape index (κ3) is 2.88. The Bertz CT molecular complexity index is 552. The first-order valence-corrected chi connectivity index (χ1v) is 6.08. The van der Waals surface area contributed by atoms with Gasteiger partial charge in [0.15, 0.2) is 0 Å². The van der Waals surface area contributed by atoms with E-state index in [1.54, 1.807) is 12.3 Å². The lowest BCUT2D eigenvalue weighted by atomic mass is 10.4. The second-order valence-corrected chi connectivity index (χ2v) is 4.57. The summed E-state index contributed by atoms with van der Waals surface area (Å²) in [5.41, 5.74) is 5.93. The summed E-state index contributed by atoms with van der Waals surface area (Å²) in [5.74, 6) is -0.574. The van der Waals surface area contributed by atoms with Crippen molar-refractivity contribution in [2.45, 2.75) is 13.0 Å². The Morgan fingerprint density at radius 2 is 2.33 bits per heavy atom. The van der Waals surface area contributed by atoms with E-state index in [2.05, 4.69) is 15.3 Å². The van der Waals surface area contributed by atoms with Crippen LogP contribution in [0, 0.1) is 5.82 Å². The van der Waals surface area contributed by atoms with Gasteiger partial charge >= 0.3 is 0 Å². The van der Waals surface area contributed by atoms with Gasteiger partial charge in [-0.3, -0.25) is 4.79 Å². The molecule has 2 aromatic rings. The van der Waals surface area contributed by atoms with Gasteiger partial charge in [-0.05, 0) is 19.1 Å². The third-order valence-corrected chi connectivity index (χ3v) is 3.16. The van der Waals surface area contributed by atoms with Crippen LogP contribution >= 0.6 is 11.3 Å². The highest BCUT2D eigenvalue weighted by Crippen LogP contribution is 2.16. The average molecular weight is 266 g/mol. The molecule has 0 fully saturated rings. The van der Waals surface area contributed by atoms with Crippen molar-refractivity contribution in [2.24, 2.45) is 5.73 Å². The number of nitrogens with zero attached hydrogens (tertiary/aromatic N) is 2. The monoisotopic (exact) mass is 266 g/mol. The van der Waals surface area contributed by atoms with E-state index in [0.29, 0.717) is 5.01 Å². The number of hydrogen-bond acceptors (Lipinski definition) is 5. The highest BCUT2D eigenvalue weighted by atomic mass is 32.1. The minimum atomic E-state index is -0.457. The largest absolute Gasteiger partial charge is 0.322 e. The van der Waals surface area contributed by atoms with Gasteiger partial charge in [-0.1, -0.05) is 0 Å². The quantitative estimate of drug-likeness (QED) is 0.889. The maximum atomic E-state index is 12.6. The van der Waals surface area contributed by atoms with Crippen LogP contribution in [0.15, 0.2) is 23.7 Å². The number of thiazole rings is 1. The number of aromatic nitrogens is 2. The van der Waals surface area contributed by atoms with Crippen LogP contribution in [-0.2, 0) is 0 Å². The number of amides is 1. The van der Waals surface area contributed by atoms with Crippen molar-refractivity contribution in [1.29, 1.82) is 0 Å². The van der Waals surface area contributed by atoms with Crippen LogP contribution in [0.4, 0.5) is 10.2 Å². The Labute approximate surface area is 107 Å². The standard InChI is InChI=1S/C11H11FN4OS/c1-6(13)11-15-8(5-18-11)10(17)16-9-3-2-7(12)4-14-9/h2-6H,13H2,1H3,(H,14,16,17). The molecule has 2 rings (SSSR count). The van der Waals surface area contributed by atoms with Gasteiger partial charge in [-0.25, -0.2) is 14.4 Å². The number of carbonyl (C=O) groups is 1. The molecule has 0 saturated heterocycles. The van der Waals surface area contributed by atoms with Crippen LogP contribution in [0.2, 0.25) is 0 Å². The lowest BCUT2D eigenvalue weighted by Crippen LogP contribution is -2.14. The number of hydrogen-bond donors (Lipinski definition) is 2. The Hall–Kier alpha value is -1.86. The van der Waals surface area contributed by atoms with E-state index in [4.69, 9.17) is 5.73 Å². The summed E-state index contributed by atoms with van der Waals surface area (Å²) in [4.78, 5) is 19.6. The molecule has 2 heterocycles. The lowest BCUT2D eigenvalue weighted by molar-refractivity contribution is 0.102. The van der Waals surface area contributed by atoms with E-state index in [0.717, 1.165) is 6.20 Å². The second kappa shape index (κ2) is 5.19. The predicted molar refractivity (Wildman–Crippen MR) is 66.9 cm³/mol. The maximum absolute atomic E-state index is 12.6. The van der Waals surface area contributed by atoms with Gasteiger partial charge in [0.25, 0.3) is 5.91 Å². The predicted octanol–water partition coefficient (Wildman–Crippen LogP) is 1.95. The van der Waals surface area contributed by atoms with Crippen molar-refractivity contribution in [1.82, 2.24) is 9.97 Å². The van der Waals surface area contributed by atoms with Crippen LogP contribution in [0.25, 0.3) is 0 Å². The molecule has 0 aliphatic carbocycles. The van der Waals surface area contributed by atoms with Crippen molar-refractivity contribution in [3.8, 4) is 0 Å². The topological polar surface area (TPSA) is 80.9 Å². The first-order chi connectivity index (χ1) is 8.56. The van der Waals surface area contributed by atoms with Crippen LogP contribution in [-0.4, -0.2) is 15.9 Å². The number of rotatable bonds is 3. The molecule has 94 valence electrons. The van der Waals surface area contributed by atoms with Crippen molar-refractivity contribution < 1.29 is 9.18 Å². The molecular formula is C11H11FN4OS. The zero-order chi connectivity index (χ0) is 13.1. The van der Waals surface area contributed by atoms with E-state index in [1.807, 2.05) is 0 Å². The van der Waals surface area contributed by atoms with Crippen molar-refractivity contribution in [3.05, 3.63) is 40.2 Å². The fourth-order valence-electron chi connectivity index (χ4n) is 1.23. The fourth-order valence-corrected chi connectivity index (χ4v) is 1.99. The van der Waals surface area contributed by atoms with Gasteiger partial charge in [0.2, 0.25) is 0 Å². The van der Waals surface area contributed by atoms with E-state index >= 15 is 0 Å². The van der Waals surface area contributed by atoms with E-state index in [9.17, 15) is 9.18 Å². The number of anilines is 1. The summed E-state index contributed by atoms with van der Waals surface area (Å²) in [5, 5.41) is 4.83. The van der Waals surface area contributed by atoms with Gasteiger partial charge in [0.1, 0.15) is 22.3 Å². The van der Waals surface area contributed by atoms with Gasteiger partial charge in [0.05, 0.1) is 12.2 Å². The summed E-state index contributed by atoms with van der Waals surface area (Å²) in [6.45, 7) is 1.79. The molecule has 1 unspecified atom stereocenters. The molecule has 0 aromatic carbocycles. The van der Waals surface area contributed by atoms with E-state index in [1.165, 1.54) is 23.5 Å². The van der Waals surface area contributed by atoms with E-state index < -0.39 is 11.7 Å². The van der Waals surface area contributed by atoms with Crippen LogP contribution in [0.1, 0.15) is 28.5 Å². The molecule has 7 heteroatoms. The summed E-state index contributed by atoms with van der Waals surface area (Å²) in [6, 6.07) is 2.39. The number of carbonyl (C=O) groups excluding carboxylic acids is 1. The Balaban J connectivity index is 2.09. The van der Waals surface area contributed by atoms with Crippen LogP contribution < -0.4 is 11.1 Å². The van der Waals surface area contributed by atoms with Gasteiger partial charge < -0.3 is 11.1 Å². The SMILES string of the molecule is CC(N)c1nc(C(=O)Nc2ccc(F)cn2)cs1. The summed E-state index contributed by atoms with van der Waals surface area (Å²) in [6.07, 6.45) is 1.03. The summed E-state index contributed by atoms with van der Waals surface area (Å²) < 4.78 is 12.6. The normalized spacial score (nSPS) is 12.2. The fraction of sp³-hybridized carbons (Fsp3) is 0.182. The van der Waals surface area contributed by atoms with Crippen molar-refractivity contribution in [3.63, 3.8) is 0 Å². The second-order valence-electron chi connectivity index (χ2n) is 3.68. The smallest absolute Gasteiger partial charge is 0.276 e. The Kier molecular flexibility index (Phi) is 3.63. The number of nitrogens with two attached hydrogens (primary N) is 1. The van der Waals surface area contributed by atoms with E-state index in [-0.39, 0.29) is 17.6 Å². The molecule has 2 aromatic heterocycles. The molecule has 1 atom stereocenters. The zero-order valence-corrected chi connectivity index (χ0v) is 10.4. The van der Waals surface area contributed by atoms with Gasteiger partial charge in [0, 0.05) is 5.38 Å². The molecule has 1 amide bonds. The van der Waals surface area contributed by atoms with Crippen LogP contribution in [0.3, 0.4) is 0 Å². The number of nitrogens with one attached hydrogen (secondary N) is 1. The van der Waals surface area contributed by atoms with Gasteiger partial charge in [-0.2, -0.15) is 0 Å². The molecule has 5 nitrogen and oxygen atoms in total. The summed E-state index contributed by atoms with van der Waals surface area (Å²) >= 11 is 1.32. The zero-order valence-electron chi connectivity index (χ0n) is 9.55. The molecular weight excluding hydrogens is 255 g/mol. The molecule has 0 spiro atoms. The number of halogens is 1. The highest BCUT2D eigenvalue weighted by molar-refractivity contribution is 7.09. The minimum Gasteiger partial charge on any atom is -0.322 e. The highest BCUT2D eigenvalue weighted by Gasteiger charge is 2.13. The van der Waals surface area contributed by atoms with Crippen molar-refractivity contribution in [2.75, 3.05) is 5.32 Å². The molecule has 0 bridgehead atoms. The lowest BCUT2D eigenvalue weighted by Gasteiger charge is -2.01. The van der Waals surface area contributed by atoms with Crippen molar-refractivity contribution >= 4 is 23.1 Å². The minimum absolute atomic E-state index is 0.208. The maximum Gasteiger partial charge on any atom is 0.276 e. The average Bonchev–Trinajstić information content (AvgIpc) is 2.81. The Morgan fingerprint density at radius 3 is 2.89 bits per heavy atom. The molecule has 0 aliphatic heterocycles. The molecule has 18 heavy (non-hydrogen) atoms. The molecule has 0 radical (unpaired) electrons. The van der Waals surface area contributed by atoms with Crippen LogP contribution in [0.5, 0.6) is 0 Å². The number of pyridine rings is 1. The van der Waals surface area contributed by atoms with Gasteiger partial charge in [-0.15, -0.1) is 11.3 Å².